The first-order valence-corrected chi connectivity index (χ1v) is 13.4. The third kappa shape index (κ3) is 6.90. The number of carbonyl (C=O) groups is 1. The summed E-state index contributed by atoms with van der Waals surface area (Å²) >= 11 is 5.88. The third-order valence-electron chi connectivity index (χ3n) is 5.69. The number of hydrogen-bond acceptors (Lipinski definition) is 9. The molecule has 38 heavy (non-hydrogen) atoms. The van der Waals surface area contributed by atoms with Crippen LogP contribution in [0.25, 0.3) is 0 Å². The fourth-order valence-electron chi connectivity index (χ4n) is 3.77. The topological polar surface area (TPSA) is 149 Å². The molecule has 15 heteroatoms. The Hall–Kier alpha value is -2.54. The fraction of sp³-hybridized carbons (Fsp3) is 0.522. The van der Waals surface area contributed by atoms with Gasteiger partial charge in [-0.2, -0.15) is 0 Å². The summed E-state index contributed by atoms with van der Waals surface area (Å²) in [7, 11) is -3.31. The highest BCUT2D eigenvalue weighted by Gasteiger charge is 2.55. The highest BCUT2D eigenvalue weighted by molar-refractivity contribution is 7.36. The number of halogens is 2. The molecule has 6 atom stereocenters. The highest BCUT2D eigenvalue weighted by atomic mass is 35.5. The van der Waals surface area contributed by atoms with Crippen LogP contribution in [-0.4, -0.2) is 62.1 Å². The Labute approximate surface area is 223 Å². The van der Waals surface area contributed by atoms with Crippen LogP contribution >= 0.6 is 19.8 Å². The smallest absolute Gasteiger partial charge is 0.331 e. The van der Waals surface area contributed by atoms with E-state index >= 15 is 4.39 Å². The van der Waals surface area contributed by atoms with E-state index in [1.54, 1.807) is 20.8 Å². The summed E-state index contributed by atoms with van der Waals surface area (Å²) in [5, 5.41) is 11.1. The van der Waals surface area contributed by atoms with Crippen molar-refractivity contribution in [2.24, 2.45) is 0 Å². The number of rotatable bonds is 11. The van der Waals surface area contributed by atoms with Crippen LogP contribution in [0.15, 0.2) is 46.1 Å². The Morgan fingerprint density at radius 3 is 2.55 bits per heavy atom. The number of nitrogens with one attached hydrogen (secondary N) is 1. The maximum Gasteiger partial charge on any atom is 0.331 e. The van der Waals surface area contributed by atoms with Gasteiger partial charge < -0.3 is 19.1 Å². The third-order valence-corrected chi connectivity index (χ3v) is 7.15. The van der Waals surface area contributed by atoms with Crippen molar-refractivity contribution in [2.75, 3.05) is 6.61 Å². The van der Waals surface area contributed by atoms with Crippen LogP contribution in [0.4, 0.5) is 4.39 Å². The van der Waals surface area contributed by atoms with Crippen molar-refractivity contribution in [2.45, 2.75) is 70.4 Å². The molecule has 0 radical (unpaired) electrons. The van der Waals surface area contributed by atoms with Gasteiger partial charge in [0.25, 0.3) is 5.56 Å². The second-order valence-corrected chi connectivity index (χ2v) is 10.6. The molecule has 0 bridgehead atoms. The van der Waals surface area contributed by atoms with Crippen molar-refractivity contribution >= 4 is 25.7 Å². The van der Waals surface area contributed by atoms with Gasteiger partial charge in [0.1, 0.15) is 24.0 Å². The molecule has 3 unspecified atom stereocenters. The second kappa shape index (κ2) is 12.5. The lowest BCUT2D eigenvalue weighted by atomic mass is 9.98. The monoisotopic (exact) mass is 577 g/mol. The van der Waals surface area contributed by atoms with E-state index in [2.05, 4.69) is 0 Å². The van der Waals surface area contributed by atoms with Gasteiger partial charge in [0.05, 0.1) is 12.7 Å². The number of nitrogens with zero attached hydrogens (tertiary/aromatic N) is 2. The first kappa shape index (κ1) is 30.0. The van der Waals surface area contributed by atoms with Crippen LogP contribution in [0.2, 0.25) is 5.02 Å². The van der Waals surface area contributed by atoms with Gasteiger partial charge in [-0.3, -0.25) is 28.5 Å². The lowest BCUT2D eigenvalue weighted by Gasteiger charge is -2.29. The van der Waals surface area contributed by atoms with Crippen LogP contribution in [-0.2, 0) is 23.7 Å². The van der Waals surface area contributed by atoms with E-state index in [4.69, 9.17) is 30.4 Å². The van der Waals surface area contributed by atoms with E-state index < -0.39 is 68.3 Å². The molecule has 1 aliphatic rings. The lowest BCUT2D eigenvalue weighted by molar-refractivity contribution is -0.185. The van der Waals surface area contributed by atoms with E-state index in [9.17, 15) is 24.1 Å². The summed E-state index contributed by atoms with van der Waals surface area (Å²) in [6.45, 7) is 5.39. The highest BCUT2D eigenvalue weighted by Crippen LogP contribution is 2.42. The molecule has 1 fully saturated rings. The van der Waals surface area contributed by atoms with Crippen LogP contribution < -0.4 is 15.8 Å². The van der Waals surface area contributed by atoms with Gasteiger partial charge in [0, 0.05) is 17.3 Å². The Morgan fingerprint density at radius 2 is 1.97 bits per heavy atom. The normalized spacial score (nSPS) is 24.9. The molecule has 12 nitrogen and oxygen atoms in total. The van der Waals surface area contributed by atoms with E-state index in [0.29, 0.717) is 5.02 Å². The molecular formula is C23H30ClFN3O9P. The lowest BCUT2D eigenvalue weighted by Crippen LogP contribution is -2.45. The standard InChI is InChI=1S/C23H30ClFN3O9P/c1-5-16(20(31)35-13(2)3)28(38(33)37-15-8-6-14(24)7-9-15)34-12-17-19(30)23(4,25)21(36-17)27-11-10-18(29)26-22(27)32/h6-11,13,16-17,19,21,30,38H,5,12H2,1-4H3,(H,26,29,32)/t16?,17-,19-,21?,23-/m1/s1. The van der Waals surface area contributed by atoms with Gasteiger partial charge in [-0.15, -0.1) is 0 Å². The average molecular weight is 578 g/mol. The molecule has 2 heterocycles. The average Bonchev–Trinajstić information content (AvgIpc) is 3.06. The number of ether oxygens (including phenoxy) is 2. The summed E-state index contributed by atoms with van der Waals surface area (Å²) in [6.07, 6.45) is -4.09. The molecule has 0 spiro atoms. The number of carbonyl (C=O) groups excluding carboxylic acids is 1. The number of aliphatic hydroxyl groups is 1. The number of aromatic amines is 1. The Morgan fingerprint density at radius 1 is 1.32 bits per heavy atom. The number of esters is 1. The molecule has 1 aliphatic heterocycles. The molecular weight excluding hydrogens is 548 g/mol. The summed E-state index contributed by atoms with van der Waals surface area (Å²) in [5.74, 6) is -0.550. The molecule has 210 valence electrons. The largest absolute Gasteiger partial charge is 0.462 e. The minimum absolute atomic E-state index is 0.107. The zero-order valence-corrected chi connectivity index (χ0v) is 22.9. The molecule has 1 aromatic carbocycles. The number of H-pyrrole nitrogens is 1. The summed E-state index contributed by atoms with van der Waals surface area (Å²) in [6, 6.07) is 5.81. The molecule has 0 saturated carbocycles. The Balaban J connectivity index is 1.83. The summed E-state index contributed by atoms with van der Waals surface area (Å²) in [4.78, 5) is 44.8. The molecule has 3 rings (SSSR count). The Bertz CT molecular complexity index is 1250. The van der Waals surface area contributed by atoms with Crippen molar-refractivity contribution in [3.05, 3.63) is 62.4 Å². The van der Waals surface area contributed by atoms with Crippen molar-refractivity contribution < 1.29 is 37.7 Å². The van der Waals surface area contributed by atoms with Crippen LogP contribution in [0.5, 0.6) is 5.75 Å². The van der Waals surface area contributed by atoms with Gasteiger partial charge in [-0.25, -0.2) is 9.18 Å². The van der Waals surface area contributed by atoms with Gasteiger partial charge in [-0.05, 0) is 51.5 Å². The second-order valence-electron chi connectivity index (χ2n) is 8.99. The van der Waals surface area contributed by atoms with E-state index in [1.807, 2.05) is 4.98 Å². The SMILES string of the molecule is CCC(C(=O)OC(C)C)N(OC[C@H]1OC(n2ccc(=O)[nH]c2=O)[C@](C)(F)[C@@H]1O)[PH](=O)Oc1ccc(Cl)cc1. The zero-order valence-electron chi connectivity index (χ0n) is 21.1. The summed E-state index contributed by atoms with van der Waals surface area (Å²) in [5.41, 5.74) is -4.11. The number of hydrogen-bond donors (Lipinski definition) is 2. The number of aliphatic hydroxyl groups excluding tert-OH is 1. The number of alkyl halides is 1. The minimum Gasteiger partial charge on any atom is -0.462 e. The predicted octanol–water partition coefficient (Wildman–Crippen LogP) is 2.61. The summed E-state index contributed by atoms with van der Waals surface area (Å²) < 4.78 is 45.9. The maximum absolute atomic E-state index is 15.5. The van der Waals surface area contributed by atoms with E-state index in [-0.39, 0.29) is 12.2 Å². The number of benzene rings is 1. The molecule has 0 aliphatic carbocycles. The molecule has 1 aromatic heterocycles. The first-order chi connectivity index (χ1) is 17.8. The fourth-order valence-corrected chi connectivity index (χ4v) is 5.05. The van der Waals surface area contributed by atoms with Crippen molar-refractivity contribution in [1.82, 2.24) is 14.4 Å². The molecule has 1 saturated heterocycles. The van der Waals surface area contributed by atoms with Gasteiger partial charge in [0.2, 0.25) is 0 Å². The van der Waals surface area contributed by atoms with Crippen molar-refractivity contribution in [3.8, 4) is 5.75 Å². The number of aromatic nitrogens is 2. The van der Waals surface area contributed by atoms with Gasteiger partial charge in [-0.1, -0.05) is 23.4 Å². The van der Waals surface area contributed by atoms with Crippen LogP contribution in [0.1, 0.15) is 40.3 Å². The Kier molecular flexibility index (Phi) is 9.91. The zero-order chi connectivity index (χ0) is 28.2. The maximum atomic E-state index is 15.5. The molecule has 2 N–H and O–H groups in total. The van der Waals surface area contributed by atoms with Gasteiger partial charge >= 0.3 is 19.8 Å². The number of hydroxylamine groups is 1. The quantitative estimate of drug-likeness (QED) is 0.232. The van der Waals surface area contributed by atoms with Crippen LogP contribution in [0.3, 0.4) is 0 Å². The first-order valence-electron chi connectivity index (χ1n) is 11.8. The van der Waals surface area contributed by atoms with E-state index in [0.717, 1.165) is 28.6 Å². The minimum atomic E-state index is -3.31. The molecule has 0 amide bonds. The van der Waals surface area contributed by atoms with Crippen molar-refractivity contribution in [3.63, 3.8) is 0 Å². The van der Waals surface area contributed by atoms with Crippen LogP contribution in [0, 0.1) is 0 Å². The van der Waals surface area contributed by atoms with Crippen molar-refractivity contribution in [1.29, 1.82) is 0 Å². The van der Waals surface area contributed by atoms with Gasteiger partial charge in [0.15, 0.2) is 11.9 Å². The van der Waals surface area contributed by atoms with E-state index in [1.165, 1.54) is 24.3 Å². The predicted molar refractivity (Wildman–Crippen MR) is 135 cm³/mol. The molecule has 2 aromatic rings.